The van der Waals surface area contributed by atoms with E-state index in [0.717, 1.165) is 22.8 Å². The molecule has 0 saturated carbocycles. The van der Waals surface area contributed by atoms with Crippen molar-refractivity contribution >= 4 is 29.1 Å². The summed E-state index contributed by atoms with van der Waals surface area (Å²) in [6.07, 6.45) is 2.53. The lowest BCUT2D eigenvalue weighted by Gasteiger charge is -2.16. The summed E-state index contributed by atoms with van der Waals surface area (Å²) in [5.41, 5.74) is -0.657. The molecule has 0 bridgehead atoms. The number of halogens is 2. The van der Waals surface area contributed by atoms with Gasteiger partial charge in [0.2, 0.25) is 0 Å². The van der Waals surface area contributed by atoms with Gasteiger partial charge in [-0.1, -0.05) is 0 Å². The molecule has 1 aliphatic rings. The van der Waals surface area contributed by atoms with E-state index in [-0.39, 0.29) is 12.2 Å². The highest BCUT2D eigenvalue weighted by Gasteiger charge is 2.40. The van der Waals surface area contributed by atoms with Crippen molar-refractivity contribution in [2.75, 3.05) is 23.5 Å². The fourth-order valence-electron chi connectivity index (χ4n) is 1.93. The van der Waals surface area contributed by atoms with Gasteiger partial charge in [-0.2, -0.15) is 11.8 Å². The predicted molar refractivity (Wildman–Crippen MR) is 66.0 cm³/mol. The van der Waals surface area contributed by atoms with Gasteiger partial charge < -0.3 is 4.90 Å². The van der Waals surface area contributed by atoms with Gasteiger partial charge >= 0.3 is 0 Å². The summed E-state index contributed by atoms with van der Waals surface area (Å²) in [6.45, 7) is 0.221. The van der Waals surface area contributed by atoms with Gasteiger partial charge in [0.25, 0.3) is 11.7 Å². The molecule has 0 radical (unpaired) electrons. The Labute approximate surface area is 107 Å². The average Bonchev–Trinajstić information content (AvgIpc) is 2.60. The van der Waals surface area contributed by atoms with Crippen molar-refractivity contribution in [3.8, 4) is 0 Å². The molecule has 3 nitrogen and oxygen atoms in total. The van der Waals surface area contributed by atoms with Crippen LogP contribution in [0.2, 0.25) is 0 Å². The first-order valence-electron chi connectivity index (χ1n) is 5.41. The van der Waals surface area contributed by atoms with Crippen molar-refractivity contribution < 1.29 is 18.4 Å². The Kier molecular flexibility index (Phi) is 3.65. The van der Waals surface area contributed by atoms with Crippen molar-refractivity contribution in [3.05, 3.63) is 29.3 Å². The highest BCUT2D eigenvalue weighted by Crippen LogP contribution is 2.33. The van der Waals surface area contributed by atoms with Crippen LogP contribution in [0.5, 0.6) is 0 Å². The van der Waals surface area contributed by atoms with Crippen LogP contribution in [0.1, 0.15) is 16.8 Å². The zero-order chi connectivity index (χ0) is 13.3. The summed E-state index contributed by atoms with van der Waals surface area (Å²) in [5, 5.41) is 0. The Morgan fingerprint density at radius 2 is 1.89 bits per heavy atom. The third-order valence-corrected chi connectivity index (χ3v) is 3.44. The lowest BCUT2D eigenvalue weighted by Crippen LogP contribution is -2.31. The molecule has 0 N–H and O–H groups in total. The van der Waals surface area contributed by atoms with Crippen LogP contribution in [0.15, 0.2) is 12.1 Å². The molecule has 6 heteroatoms. The van der Waals surface area contributed by atoms with Crippen LogP contribution in [0.4, 0.5) is 14.5 Å². The Bertz CT molecular complexity index is 519. The maximum Gasteiger partial charge on any atom is 0.299 e. The Hall–Kier alpha value is -1.43. The van der Waals surface area contributed by atoms with Crippen molar-refractivity contribution in [1.82, 2.24) is 0 Å². The van der Waals surface area contributed by atoms with Crippen LogP contribution in [0.3, 0.4) is 0 Å². The van der Waals surface area contributed by atoms with Gasteiger partial charge in [-0.05, 0) is 30.6 Å². The molecular formula is C12H11F2NO2S. The first kappa shape index (κ1) is 13.0. The third-order valence-electron chi connectivity index (χ3n) is 2.74. The van der Waals surface area contributed by atoms with Gasteiger partial charge in [0.05, 0.1) is 11.3 Å². The predicted octanol–water partition coefficient (Wildman–Crippen LogP) is 2.25. The zero-order valence-electron chi connectivity index (χ0n) is 9.70. The molecule has 1 aliphatic heterocycles. The summed E-state index contributed by atoms with van der Waals surface area (Å²) < 4.78 is 27.1. The molecule has 1 aromatic rings. The van der Waals surface area contributed by atoms with Gasteiger partial charge in [-0.15, -0.1) is 0 Å². The number of Topliss-reactive ketones (excluding diaryl/α,β-unsaturated/α-hetero) is 1. The van der Waals surface area contributed by atoms with E-state index in [2.05, 4.69) is 0 Å². The quantitative estimate of drug-likeness (QED) is 0.622. The molecule has 0 fully saturated rings. The van der Waals surface area contributed by atoms with E-state index in [0.29, 0.717) is 6.42 Å². The van der Waals surface area contributed by atoms with E-state index in [1.165, 1.54) is 0 Å². The van der Waals surface area contributed by atoms with E-state index < -0.39 is 28.9 Å². The molecule has 0 unspecified atom stereocenters. The maximum atomic E-state index is 13.7. The molecule has 0 saturated heterocycles. The van der Waals surface area contributed by atoms with Gasteiger partial charge in [-0.3, -0.25) is 9.59 Å². The first-order valence-corrected chi connectivity index (χ1v) is 6.80. The van der Waals surface area contributed by atoms with Crippen molar-refractivity contribution in [2.45, 2.75) is 6.42 Å². The number of hydrogen-bond donors (Lipinski definition) is 0. The lowest BCUT2D eigenvalue weighted by atomic mass is 10.1. The molecule has 96 valence electrons. The standard InChI is InChI=1S/C12H11F2NO2S/c1-18-6-2-5-15-10-8(14)4-3-7(13)9(10)11(16)12(15)17/h3-4H,2,5-6H2,1H3. The van der Waals surface area contributed by atoms with E-state index in [1.807, 2.05) is 6.26 Å². The van der Waals surface area contributed by atoms with Crippen LogP contribution >= 0.6 is 11.8 Å². The van der Waals surface area contributed by atoms with Crippen molar-refractivity contribution in [1.29, 1.82) is 0 Å². The molecule has 0 aliphatic carbocycles. The summed E-state index contributed by atoms with van der Waals surface area (Å²) in [7, 11) is 0. The van der Waals surface area contributed by atoms with E-state index in [4.69, 9.17) is 0 Å². The first-order chi connectivity index (χ1) is 8.57. The average molecular weight is 271 g/mol. The van der Waals surface area contributed by atoms with Gasteiger partial charge in [0, 0.05) is 6.54 Å². The summed E-state index contributed by atoms with van der Waals surface area (Å²) in [4.78, 5) is 24.3. The number of carbonyl (C=O) groups excluding carboxylic acids is 2. The van der Waals surface area contributed by atoms with Gasteiger partial charge in [-0.25, -0.2) is 8.78 Å². The minimum absolute atomic E-state index is 0.217. The van der Waals surface area contributed by atoms with Crippen LogP contribution < -0.4 is 4.90 Å². The Morgan fingerprint density at radius 3 is 2.56 bits per heavy atom. The second kappa shape index (κ2) is 5.06. The number of benzene rings is 1. The molecule has 0 atom stereocenters. The van der Waals surface area contributed by atoms with Crippen LogP contribution in [0, 0.1) is 11.6 Å². The van der Waals surface area contributed by atoms with E-state index in [9.17, 15) is 18.4 Å². The summed E-state index contributed by atoms with van der Waals surface area (Å²) >= 11 is 1.58. The highest BCUT2D eigenvalue weighted by molar-refractivity contribution is 7.98. The topological polar surface area (TPSA) is 37.4 Å². The number of fused-ring (bicyclic) bond motifs is 1. The fraction of sp³-hybridized carbons (Fsp3) is 0.333. The number of carbonyl (C=O) groups is 2. The normalized spacial score (nSPS) is 14.3. The molecular weight excluding hydrogens is 260 g/mol. The minimum atomic E-state index is -0.967. The number of rotatable bonds is 4. The largest absolute Gasteiger partial charge is 0.302 e. The SMILES string of the molecule is CSCCCN1C(=O)C(=O)c2c(F)ccc(F)c21. The molecule has 2 rings (SSSR count). The second-order valence-electron chi connectivity index (χ2n) is 3.89. The maximum absolute atomic E-state index is 13.7. The van der Waals surface area contributed by atoms with Crippen LogP contribution in [-0.4, -0.2) is 30.2 Å². The van der Waals surface area contributed by atoms with E-state index in [1.54, 1.807) is 11.8 Å². The lowest BCUT2D eigenvalue weighted by molar-refractivity contribution is -0.114. The van der Waals surface area contributed by atoms with Gasteiger partial charge in [0.15, 0.2) is 0 Å². The molecule has 1 heterocycles. The zero-order valence-corrected chi connectivity index (χ0v) is 10.5. The molecule has 1 amide bonds. The minimum Gasteiger partial charge on any atom is -0.302 e. The molecule has 0 spiro atoms. The van der Waals surface area contributed by atoms with Crippen LogP contribution in [-0.2, 0) is 4.79 Å². The van der Waals surface area contributed by atoms with Crippen molar-refractivity contribution in [3.63, 3.8) is 0 Å². The number of anilines is 1. The number of hydrogen-bond acceptors (Lipinski definition) is 3. The van der Waals surface area contributed by atoms with E-state index >= 15 is 0 Å². The third kappa shape index (κ3) is 2.01. The smallest absolute Gasteiger partial charge is 0.299 e. The Morgan fingerprint density at radius 1 is 1.22 bits per heavy atom. The fourth-order valence-corrected chi connectivity index (χ4v) is 2.35. The summed E-state index contributed by atoms with van der Waals surface area (Å²) in [6, 6.07) is 1.80. The summed E-state index contributed by atoms with van der Waals surface area (Å²) in [5.74, 6) is -2.63. The molecule has 18 heavy (non-hydrogen) atoms. The Balaban J connectivity index is 2.39. The number of amides is 1. The van der Waals surface area contributed by atoms with Crippen molar-refractivity contribution in [2.24, 2.45) is 0 Å². The highest BCUT2D eigenvalue weighted by atomic mass is 32.2. The number of nitrogens with zero attached hydrogens (tertiary/aromatic N) is 1. The number of thioether (sulfide) groups is 1. The number of ketones is 1. The second-order valence-corrected chi connectivity index (χ2v) is 4.87. The monoisotopic (exact) mass is 271 g/mol. The van der Waals surface area contributed by atoms with Crippen LogP contribution in [0.25, 0.3) is 0 Å². The van der Waals surface area contributed by atoms with Gasteiger partial charge in [0.1, 0.15) is 11.6 Å². The molecule has 0 aromatic heterocycles. The molecule has 1 aromatic carbocycles.